The molecule has 0 saturated heterocycles. The molecule has 0 aliphatic carbocycles. The molecule has 0 aliphatic rings. The Morgan fingerprint density at radius 1 is 1.06 bits per heavy atom. The highest BCUT2D eigenvalue weighted by molar-refractivity contribution is 14.0. The first kappa shape index (κ1) is 24.5. The number of aryl methyl sites for hydroxylation is 1. The summed E-state index contributed by atoms with van der Waals surface area (Å²) in [4.78, 5) is 4.55. The molecule has 0 radical (unpaired) electrons. The lowest BCUT2D eigenvalue weighted by Gasteiger charge is -2.13. The summed E-state index contributed by atoms with van der Waals surface area (Å²) in [5.41, 5.74) is 1.19. The maximum Gasteiger partial charge on any atom is 0.192 e. The molecule has 0 saturated carbocycles. The minimum Gasteiger partial charge on any atom is -0.497 e. The number of ether oxygens (including phenoxy) is 1. The third kappa shape index (κ3) is 6.88. The van der Waals surface area contributed by atoms with Crippen LogP contribution in [-0.4, -0.2) is 27.8 Å². The predicted octanol–water partition coefficient (Wildman–Crippen LogP) is 3.46. The lowest BCUT2D eigenvalue weighted by molar-refractivity contribution is 0.414. The normalized spacial score (nSPS) is 11.1. The number of methoxy groups -OCH3 is 1. The van der Waals surface area contributed by atoms with Crippen molar-refractivity contribution in [2.24, 2.45) is 12.0 Å². The number of hydrogen-bond acceptors (Lipinski definition) is 4. The Kier molecular flexibility index (Phi) is 9.16. The zero-order valence-electron chi connectivity index (χ0n) is 17.5. The molecule has 1 aromatic heterocycles. The number of aliphatic imine (C=N–C) groups is 1. The van der Waals surface area contributed by atoms with Crippen molar-refractivity contribution in [1.82, 2.24) is 25.4 Å². The van der Waals surface area contributed by atoms with Gasteiger partial charge in [-0.1, -0.05) is 12.1 Å². The minimum atomic E-state index is -0.493. The number of nitrogens with one attached hydrogen (secondary N) is 2. The Morgan fingerprint density at radius 3 is 2.42 bits per heavy atom. The molecule has 3 aromatic rings. The van der Waals surface area contributed by atoms with E-state index in [4.69, 9.17) is 4.74 Å². The smallest absolute Gasteiger partial charge is 0.192 e. The third-order valence-corrected chi connectivity index (χ3v) is 4.63. The number of nitrogens with zero attached hydrogens (tertiary/aromatic N) is 4. The van der Waals surface area contributed by atoms with Gasteiger partial charge in [-0.05, 0) is 42.8 Å². The van der Waals surface area contributed by atoms with E-state index in [-0.39, 0.29) is 36.1 Å². The average Bonchev–Trinajstić information content (AvgIpc) is 3.08. The molecule has 10 heteroatoms. The number of hydrogen-bond donors (Lipinski definition) is 2. The predicted molar refractivity (Wildman–Crippen MR) is 125 cm³/mol. The monoisotopic (exact) mass is 542 g/mol. The molecule has 0 atom stereocenters. The number of rotatable bonds is 7. The zero-order valence-corrected chi connectivity index (χ0v) is 19.9. The van der Waals surface area contributed by atoms with E-state index >= 15 is 0 Å². The third-order valence-electron chi connectivity index (χ3n) is 4.63. The largest absolute Gasteiger partial charge is 0.497 e. The van der Waals surface area contributed by atoms with Gasteiger partial charge >= 0.3 is 0 Å². The van der Waals surface area contributed by atoms with Crippen molar-refractivity contribution in [3.8, 4) is 5.75 Å². The van der Waals surface area contributed by atoms with Crippen LogP contribution in [0.2, 0.25) is 0 Å². The standard InChI is InChI=1S/C21H24F2N6O.HI/c1-14-27-28-20(29(14)2)13-26-21(24-11-15-4-7-18(30-3)8-5-15)25-12-16-10-17(22)6-9-19(16)23;/h4-10H,11-13H2,1-3H3,(H2,24,25,26);1H. The van der Waals surface area contributed by atoms with Crippen molar-refractivity contribution >= 4 is 29.9 Å². The van der Waals surface area contributed by atoms with Gasteiger partial charge in [0.25, 0.3) is 0 Å². The van der Waals surface area contributed by atoms with Crippen molar-refractivity contribution in [2.45, 2.75) is 26.6 Å². The minimum absolute atomic E-state index is 0. The number of aromatic nitrogens is 3. The highest BCUT2D eigenvalue weighted by Crippen LogP contribution is 2.12. The molecule has 0 amide bonds. The SMILES string of the molecule is COc1ccc(CN=C(NCc2cc(F)ccc2F)NCc2nnc(C)n2C)cc1.I. The van der Waals surface area contributed by atoms with E-state index in [9.17, 15) is 8.78 Å². The second-order valence-electron chi connectivity index (χ2n) is 6.68. The van der Waals surface area contributed by atoms with Crippen molar-refractivity contribution in [1.29, 1.82) is 0 Å². The summed E-state index contributed by atoms with van der Waals surface area (Å²) in [6, 6.07) is 10.9. The Morgan fingerprint density at radius 2 is 1.77 bits per heavy atom. The molecule has 0 bridgehead atoms. The first-order chi connectivity index (χ1) is 14.5. The van der Waals surface area contributed by atoms with Crippen LogP contribution in [0.25, 0.3) is 0 Å². The molecule has 166 valence electrons. The summed E-state index contributed by atoms with van der Waals surface area (Å²) < 4.78 is 34.4. The van der Waals surface area contributed by atoms with Crippen molar-refractivity contribution in [3.63, 3.8) is 0 Å². The van der Waals surface area contributed by atoms with Crippen LogP contribution in [0.3, 0.4) is 0 Å². The molecular weight excluding hydrogens is 517 g/mol. The summed E-state index contributed by atoms with van der Waals surface area (Å²) in [5, 5.41) is 14.3. The molecular formula is C21H25F2IN6O. The summed E-state index contributed by atoms with van der Waals surface area (Å²) in [6.45, 7) is 2.70. The molecule has 3 rings (SSSR count). The molecule has 1 heterocycles. The Bertz CT molecular complexity index is 1020. The van der Waals surface area contributed by atoms with Crippen LogP contribution in [0.5, 0.6) is 5.75 Å². The molecule has 7 nitrogen and oxygen atoms in total. The van der Waals surface area contributed by atoms with Crippen LogP contribution in [0, 0.1) is 18.6 Å². The van der Waals surface area contributed by atoms with E-state index in [0.29, 0.717) is 19.0 Å². The van der Waals surface area contributed by atoms with Crippen molar-refractivity contribution in [2.75, 3.05) is 7.11 Å². The fraction of sp³-hybridized carbons (Fsp3) is 0.286. The van der Waals surface area contributed by atoms with Gasteiger partial charge in [0.2, 0.25) is 0 Å². The maximum absolute atomic E-state index is 13.9. The van der Waals surface area contributed by atoms with E-state index in [1.165, 1.54) is 0 Å². The maximum atomic E-state index is 13.9. The second kappa shape index (κ2) is 11.6. The van der Waals surface area contributed by atoms with Gasteiger partial charge in [0.15, 0.2) is 11.8 Å². The molecule has 0 fully saturated rings. The molecule has 2 N–H and O–H groups in total. The number of benzene rings is 2. The van der Waals surface area contributed by atoms with Gasteiger partial charge in [-0.25, -0.2) is 13.8 Å². The van der Waals surface area contributed by atoms with Crippen molar-refractivity contribution in [3.05, 3.63) is 76.9 Å². The van der Waals surface area contributed by atoms with Crippen LogP contribution in [0.4, 0.5) is 8.78 Å². The van der Waals surface area contributed by atoms with E-state index in [1.807, 2.05) is 42.8 Å². The lowest BCUT2D eigenvalue weighted by atomic mass is 10.2. The summed E-state index contributed by atoms with van der Waals surface area (Å²) >= 11 is 0. The van der Waals surface area contributed by atoms with E-state index in [0.717, 1.165) is 41.2 Å². The van der Waals surface area contributed by atoms with Gasteiger partial charge in [0.05, 0.1) is 20.2 Å². The van der Waals surface area contributed by atoms with Gasteiger partial charge in [-0.3, -0.25) is 0 Å². The van der Waals surface area contributed by atoms with Gasteiger partial charge < -0.3 is 19.9 Å². The summed E-state index contributed by atoms with van der Waals surface area (Å²) in [5.74, 6) is 1.74. The summed E-state index contributed by atoms with van der Waals surface area (Å²) in [7, 11) is 3.48. The number of halogens is 3. The Labute approximate surface area is 197 Å². The van der Waals surface area contributed by atoms with Crippen LogP contribution in [0.15, 0.2) is 47.5 Å². The highest BCUT2D eigenvalue weighted by atomic mass is 127. The first-order valence-electron chi connectivity index (χ1n) is 9.40. The topological polar surface area (TPSA) is 76.4 Å². The Hall–Kier alpha value is -2.76. The quantitative estimate of drug-likeness (QED) is 0.272. The van der Waals surface area contributed by atoms with Gasteiger partial charge in [-0.15, -0.1) is 34.2 Å². The van der Waals surface area contributed by atoms with Crippen LogP contribution in [0.1, 0.15) is 22.8 Å². The lowest BCUT2D eigenvalue weighted by Crippen LogP contribution is -2.37. The second-order valence-corrected chi connectivity index (χ2v) is 6.68. The van der Waals surface area contributed by atoms with E-state index < -0.39 is 11.6 Å². The molecule has 0 aliphatic heterocycles. The Balaban J connectivity index is 0.00000341. The van der Waals surface area contributed by atoms with E-state index in [2.05, 4.69) is 25.8 Å². The zero-order chi connectivity index (χ0) is 21.5. The van der Waals surface area contributed by atoms with Gasteiger partial charge in [0.1, 0.15) is 23.2 Å². The van der Waals surface area contributed by atoms with Crippen LogP contribution < -0.4 is 15.4 Å². The van der Waals surface area contributed by atoms with Crippen molar-refractivity contribution < 1.29 is 13.5 Å². The van der Waals surface area contributed by atoms with Gasteiger partial charge in [-0.2, -0.15) is 0 Å². The molecule has 2 aromatic carbocycles. The fourth-order valence-corrected chi connectivity index (χ4v) is 2.70. The molecule has 0 spiro atoms. The average molecular weight is 542 g/mol. The molecule has 31 heavy (non-hydrogen) atoms. The highest BCUT2D eigenvalue weighted by Gasteiger charge is 2.09. The summed E-state index contributed by atoms with van der Waals surface area (Å²) in [6.07, 6.45) is 0. The number of guanidine groups is 1. The van der Waals surface area contributed by atoms with Crippen LogP contribution >= 0.6 is 24.0 Å². The van der Waals surface area contributed by atoms with Crippen LogP contribution in [-0.2, 0) is 26.7 Å². The van der Waals surface area contributed by atoms with Gasteiger partial charge in [0, 0.05) is 19.2 Å². The molecule has 0 unspecified atom stereocenters. The fourth-order valence-electron chi connectivity index (χ4n) is 2.70. The first-order valence-corrected chi connectivity index (χ1v) is 9.40. The van der Waals surface area contributed by atoms with E-state index in [1.54, 1.807) is 7.11 Å².